The summed E-state index contributed by atoms with van der Waals surface area (Å²) >= 11 is 5.91. The fourth-order valence-electron chi connectivity index (χ4n) is 2.87. The topological polar surface area (TPSA) is 29.1 Å². The van der Waals surface area contributed by atoms with Crippen molar-refractivity contribution in [3.05, 3.63) is 0 Å². The van der Waals surface area contributed by atoms with E-state index in [1.807, 2.05) is 0 Å². The first-order valence-electron chi connectivity index (χ1n) is 6.51. The summed E-state index contributed by atoms with van der Waals surface area (Å²) in [7, 11) is 0. The summed E-state index contributed by atoms with van der Waals surface area (Å²) in [5.74, 6) is 1.34. The van der Waals surface area contributed by atoms with Crippen LogP contribution in [-0.4, -0.2) is 17.8 Å². The summed E-state index contributed by atoms with van der Waals surface area (Å²) < 4.78 is 0. The van der Waals surface area contributed by atoms with Gasteiger partial charge in [-0.1, -0.05) is 41.5 Å². The number of rotatable bonds is 5. The molecule has 1 atom stereocenters. The molecule has 100 valence electrons. The summed E-state index contributed by atoms with van der Waals surface area (Å²) in [5.41, 5.74) is 0.206. The van der Waals surface area contributed by atoms with E-state index in [9.17, 15) is 4.79 Å². The summed E-state index contributed by atoms with van der Waals surface area (Å²) in [5, 5.41) is 3.10. The fraction of sp³-hybridized carbons (Fsp3) is 0.929. The van der Waals surface area contributed by atoms with E-state index < -0.39 is 0 Å². The number of hydrogen-bond acceptors (Lipinski definition) is 1. The Morgan fingerprint density at radius 1 is 1.24 bits per heavy atom. The van der Waals surface area contributed by atoms with Gasteiger partial charge in [0.05, 0.1) is 0 Å². The summed E-state index contributed by atoms with van der Waals surface area (Å²) in [6.07, 6.45) is 0.947. The van der Waals surface area contributed by atoms with Crippen LogP contribution in [0.5, 0.6) is 0 Å². The molecule has 0 aliphatic heterocycles. The zero-order valence-corrected chi connectivity index (χ0v) is 12.7. The van der Waals surface area contributed by atoms with E-state index in [0.29, 0.717) is 11.8 Å². The first kappa shape index (κ1) is 14.8. The first-order chi connectivity index (χ1) is 7.64. The van der Waals surface area contributed by atoms with Crippen LogP contribution in [0, 0.1) is 22.7 Å². The third-order valence-electron chi connectivity index (χ3n) is 4.57. The maximum Gasteiger partial charge on any atom is 0.224 e. The van der Waals surface area contributed by atoms with Gasteiger partial charge in [-0.15, -0.1) is 11.6 Å². The summed E-state index contributed by atoms with van der Waals surface area (Å²) in [6.45, 7) is 12.9. The highest BCUT2D eigenvalue weighted by Gasteiger charge is 2.68. The maximum atomic E-state index is 12.2. The van der Waals surface area contributed by atoms with Crippen LogP contribution in [0.2, 0.25) is 0 Å². The highest BCUT2D eigenvalue weighted by Crippen LogP contribution is 2.68. The van der Waals surface area contributed by atoms with Gasteiger partial charge in [0.25, 0.3) is 0 Å². The normalized spacial score (nSPS) is 23.5. The lowest BCUT2D eigenvalue weighted by molar-refractivity contribution is -0.124. The van der Waals surface area contributed by atoms with E-state index in [1.54, 1.807) is 0 Å². The van der Waals surface area contributed by atoms with Crippen molar-refractivity contribution in [1.82, 2.24) is 5.32 Å². The predicted octanol–water partition coefficient (Wildman–Crippen LogP) is 3.44. The van der Waals surface area contributed by atoms with Crippen molar-refractivity contribution < 1.29 is 4.79 Å². The molecule has 1 amide bonds. The molecule has 0 saturated heterocycles. The molecule has 0 aromatic heterocycles. The average molecular weight is 260 g/mol. The Morgan fingerprint density at radius 2 is 1.71 bits per heavy atom. The van der Waals surface area contributed by atoms with E-state index in [4.69, 9.17) is 11.6 Å². The number of halogens is 1. The molecule has 1 aliphatic rings. The van der Waals surface area contributed by atoms with Crippen molar-refractivity contribution in [2.24, 2.45) is 22.7 Å². The van der Waals surface area contributed by atoms with Gasteiger partial charge in [0.2, 0.25) is 5.91 Å². The molecule has 17 heavy (non-hydrogen) atoms. The van der Waals surface area contributed by atoms with Crippen LogP contribution >= 0.6 is 11.6 Å². The lowest BCUT2D eigenvalue weighted by atomic mass is 10.0. The highest BCUT2D eigenvalue weighted by molar-refractivity contribution is 6.18. The maximum absolute atomic E-state index is 12.2. The molecule has 0 aromatic carbocycles. The predicted molar refractivity (Wildman–Crippen MR) is 73.2 cm³/mol. The Morgan fingerprint density at radius 3 is 2.00 bits per heavy atom. The molecule has 3 heteroatoms. The van der Waals surface area contributed by atoms with E-state index in [-0.39, 0.29) is 28.7 Å². The number of nitrogens with one attached hydrogen (secondary N) is 1. The smallest absolute Gasteiger partial charge is 0.224 e. The van der Waals surface area contributed by atoms with Gasteiger partial charge in [-0.3, -0.25) is 4.79 Å². The Bertz CT molecular complexity index is 283. The second-order valence-corrected chi connectivity index (χ2v) is 7.17. The Kier molecular flexibility index (Phi) is 4.18. The van der Waals surface area contributed by atoms with E-state index in [2.05, 4.69) is 46.9 Å². The Hall–Kier alpha value is -0.240. The lowest BCUT2D eigenvalue weighted by Crippen LogP contribution is -2.39. The van der Waals surface area contributed by atoms with Crippen LogP contribution in [0.15, 0.2) is 0 Å². The third kappa shape index (κ3) is 2.78. The quantitative estimate of drug-likeness (QED) is 0.753. The van der Waals surface area contributed by atoms with Crippen molar-refractivity contribution in [2.75, 3.05) is 5.88 Å². The molecule has 1 fully saturated rings. The van der Waals surface area contributed by atoms with Gasteiger partial charge in [-0.2, -0.15) is 0 Å². The number of amides is 1. The van der Waals surface area contributed by atoms with Gasteiger partial charge < -0.3 is 5.32 Å². The number of carbonyl (C=O) groups is 1. The van der Waals surface area contributed by atoms with Crippen LogP contribution in [0.4, 0.5) is 0 Å². The second kappa shape index (κ2) is 4.79. The van der Waals surface area contributed by atoms with Crippen LogP contribution in [-0.2, 0) is 4.79 Å². The standard InChI is InChI=1S/C14H26ClNO/c1-9(2)7-10(8-15)16-12(17)11-13(3,4)14(11,5)6/h9-11H,7-8H2,1-6H3,(H,16,17). The lowest BCUT2D eigenvalue weighted by Gasteiger charge is -2.18. The average Bonchev–Trinajstić information content (AvgIpc) is 2.55. The molecule has 1 aliphatic carbocycles. The SMILES string of the molecule is CC(C)CC(CCl)NC(=O)C1C(C)(C)C1(C)C. The largest absolute Gasteiger partial charge is 0.352 e. The molecule has 0 bridgehead atoms. The van der Waals surface area contributed by atoms with Crippen molar-refractivity contribution in [3.8, 4) is 0 Å². The minimum Gasteiger partial charge on any atom is -0.352 e. The van der Waals surface area contributed by atoms with Crippen LogP contribution in [0.1, 0.15) is 48.0 Å². The van der Waals surface area contributed by atoms with Crippen molar-refractivity contribution in [1.29, 1.82) is 0 Å². The van der Waals surface area contributed by atoms with E-state index in [0.717, 1.165) is 6.42 Å². The van der Waals surface area contributed by atoms with Gasteiger partial charge in [-0.25, -0.2) is 0 Å². The van der Waals surface area contributed by atoms with Gasteiger partial charge in [0.15, 0.2) is 0 Å². The monoisotopic (exact) mass is 259 g/mol. The van der Waals surface area contributed by atoms with E-state index in [1.165, 1.54) is 0 Å². The zero-order valence-electron chi connectivity index (χ0n) is 11.9. The molecule has 2 nitrogen and oxygen atoms in total. The summed E-state index contributed by atoms with van der Waals surface area (Å²) in [6, 6.07) is 0.108. The van der Waals surface area contributed by atoms with Crippen LogP contribution in [0.3, 0.4) is 0 Å². The zero-order chi connectivity index (χ0) is 13.4. The molecule has 0 aromatic rings. The van der Waals surface area contributed by atoms with Gasteiger partial charge in [0, 0.05) is 17.8 Å². The van der Waals surface area contributed by atoms with E-state index >= 15 is 0 Å². The van der Waals surface area contributed by atoms with Crippen LogP contribution < -0.4 is 5.32 Å². The molecule has 1 rings (SSSR count). The fourth-order valence-corrected chi connectivity index (χ4v) is 3.07. The van der Waals surface area contributed by atoms with Crippen molar-refractivity contribution >= 4 is 17.5 Å². The van der Waals surface area contributed by atoms with Crippen molar-refractivity contribution in [2.45, 2.75) is 54.0 Å². The molecule has 1 unspecified atom stereocenters. The van der Waals surface area contributed by atoms with Gasteiger partial charge in [0.1, 0.15) is 0 Å². The molecular weight excluding hydrogens is 234 g/mol. The Labute approximate surface area is 110 Å². The molecule has 0 spiro atoms. The number of carbonyl (C=O) groups excluding carboxylic acids is 1. The Balaban J connectivity index is 2.56. The summed E-state index contributed by atoms with van der Waals surface area (Å²) in [4.78, 5) is 12.2. The highest BCUT2D eigenvalue weighted by atomic mass is 35.5. The molecular formula is C14H26ClNO. The van der Waals surface area contributed by atoms with Gasteiger partial charge >= 0.3 is 0 Å². The second-order valence-electron chi connectivity index (χ2n) is 6.87. The molecule has 0 heterocycles. The number of hydrogen-bond donors (Lipinski definition) is 1. The minimum atomic E-state index is 0.103. The van der Waals surface area contributed by atoms with Gasteiger partial charge in [-0.05, 0) is 23.2 Å². The van der Waals surface area contributed by atoms with Crippen LogP contribution in [0.25, 0.3) is 0 Å². The molecule has 1 N–H and O–H groups in total. The minimum absolute atomic E-state index is 0.103. The van der Waals surface area contributed by atoms with Crippen molar-refractivity contribution in [3.63, 3.8) is 0 Å². The third-order valence-corrected chi connectivity index (χ3v) is 4.94. The number of alkyl halides is 1. The first-order valence-corrected chi connectivity index (χ1v) is 7.04. The molecule has 1 saturated carbocycles. The molecule has 0 radical (unpaired) electrons.